The maximum atomic E-state index is 5.48. The van der Waals surface area contributed by atoms with Crippen LogP contribution in [0.1, 0.15) is 46.5 Å². The van der Waals surface area contributed by atoms with Crippen LogP contribution in [0.2, 0.25) is 0 Å². The molecule has 2 rings (SSSR count). The van der Waals surface area contributed by atoms with Gasteiger partial charge >= 0.3 is 0 Å². The molecule has 0 amide bonds. The molecule has 2 fully saturated rings. The van der Waals surface area contributed by atoms with Gasteiger partial charge in [-0.3, -0.25) is 9.89 Å². The zero-order chi connectivity index (χ0) is 16.7. The van der Waals surface area contributed by atoms with Crippen molar-refractivity contribution in [1.29, 1.82) is 0 Å². The van der Waals surface area contributed by atoms with Crippen LogP contribution in [0.15, 0.2) is 4.99 Å². The summed E-state index contributed by atoms with van der Waals surface area (Å²) < 4.78 is 5.48. The smallest absolute Gasteiger partial charge is 0.191 e. The molecule has 2 N–H and O–H groups in total. The second-order valence-corrected chi connectivity index (χ2v) is 7.78. The first kappa shape index (κ1) is 22.0. The molecule has 2 aliphatic rings. The van der Waals surface area contributed by atoms with Crippen molar-refractivity contribution in [2.45, 2.75) is 52.5 Å². The van der Waals surface area contributed by atoms with Crippen molar-refractivity contribution in [1.82, 2.24) is 15.5 Å². The maximum Gasteiger partial charge on any atom is 0.191 e. The first-order valence-electron chi connectivity index (χ1n) is 9.30. The fourth-order valence-corrected chi connectivity index (χ4v) is 3.82. The number of halogens is 1. The summed E-state index contributed by atoms with van der Waals surface area (Å²) in [5.41, 5.74) is 0.444. The molecular weight excluding hydrogens is 415 g/mol. The van der Waals surface area contributed by atoms with Gasteiger partial charge in [-0.25, -0.2) is 0 Å². The highest BCUT2D eigenvalue weighted by Gasteiger charge is 2.29. The van der Waals surface area contributed by atoms with Gasteiger partial charge in [0.25, 0.3) is 0 Å². The van der Waals surface area contributed by atoms with Crippen molar-refractivity contribution in [2.75, 3.05) is 46.4 Å². The Hall–Kier alpha value is -0.0800. The van der Waals surface area contributed by atoms with Crippen molar-refractivity contribution < 1.29 is 4.74 Å². The summed E-state index contributed by atoms with van der Waals surface area (Å²) in [5, 5.41) is 7.09. The van der Waals surface area contributed by atoms with E-state index >= 15 is 0 Å². The fraction of sp³-hybridized carbons (Fsp3) is 0.944. The van der Waals surface area contributed by atoms with E-state index in [-0.39, 0.29) is 24.0 Å². The van der Waals surface area contributed by atoms with Crippen LogP contribution < -0.4 is 10.6 Å². The molecule has 1 unspecified atom stereocenters. The lowest BCUT2D eigenvalue weighted by molar-refractivity contribution is 0.00751. The summed E-state index contributed by atoms with van der Waals surface area (Å²) >= 11 is 0. The van der Waals surface area contributed by atoms with E-state index in [4.69, 9.17) is 4.74 Å². The van der Waals surface area contributed by atoms with Gasteiger partial charge in [0, 0.05) is 39.3 Å². The molecule has 1 aliphatic carbocycles. The van der Waals surface area contributed by atoms with Gasteiger partial charge in [0.15, 0.2) is 5.96 Å². The fourth-order valence-electron chi connectivity index (χ4n) is 3.82. The van der Waals surface area contributed by atoms with Crippen LogP contribution in [-0.2, 0) is 4.74 Å². The molecule has 1 saturated carbocycles. The molecule has 0 bridgehead atoms. The lowest BCUT2D eigenvalue weighted by atomic mass is 9.89. The van der Waals surface area contributed by atoms with Gasteiger partial charge in [0.1, 0.15) is 0 Å². The summed E-state index contributed by atoms with van der Waals surface area (Å²) in [6, 6.07) is 0.527. The van der Waals surface area contributed by atoms with E-state index in [0.29, 0.717) is 17.4 Å². The molecule has 1 saturated heterocycles. The predicted octanol–water partition coefficient (Wildman–Crippen LogP) is 2.71. The molecule has 6 heteroatoms. The molecule has 0 aromatic heterocycles. The number of aliphatic imine (C=N–C) groups is 1. The van der Waals surface area contributed by atoms with E-state index in [2.05, 4.69) is 41.3 Å². The molecule has 0 spiro atoms. The van der Waals surface area contributed by atoms with Crippen LogP contribution in [0.4, 0.5) is 0 Å². The van der Waals surface area contributed by atoms with Crippen molar-refractivity contribution in [3.63, 3.8) is 0 Å². The summed E-state index contributed by atoms with van der Waals surface area (Å²) in [5.74, 6) is 1.56. The summed E-state index contributed by atoms with van der Waals surface area (Å²) in [4.78, 5) is 6.96. The number of hydrogen-bond acceptors (Lipinski definition) is 3. The molecular formula is C18H37IN4O. The first-order valence-corrected chi connectivity index (χ1v) is 9.30. The van der Waals surface area contributed by atoms with E-state index in [1.807, 2.05) is 7.05 Å². The highest BCUT2D eigenvalue weighted by Crippen LogP contribution is 2.36. The average Bonchev–Trinajstić information content (AvgIpc) is 2.98. The quantitative estimate of drug-likeness (QED) is 0.370. The van der Waals surface area contributed by atoms with Crippen molar-refractivity contribution in [2.24, 2.45) is 16.3 Å². The molecule has 1 atom stereocenters. The third kappa shape index (κ3) is 6.67. The number of ether oxygens (including phenoxy) is 1. The van der Waals surface area contributed by atoms with E-state index in [1.54, 1.807) is 0 Å². The Kier molecular flexibility index (Phi) is 9.89. The summed E-state index contributed by atoms with van der Waals surface area (Å²) in [7, 11) is 1.87. The second-order valence-electron chi connectivity index (χ2n) is 7.78. The molecule has 1 aliphatic heterocycles. The molecule has 0 radical (unpaired) electrons. The number of rotatable bonds is 6. The van der Waals surface area contributed by atoms with Gasteiger partial charge in [-0.05, 0) is 24.2 Å². The third-order valence-corrected chi connectivity index (χ3v) is 5.48. The lowest BCUT2D eigenvalue weighted by Gasteiger charge is -2.37. The Morgan fingerprint density at radius 3 is 2.33 bits per heavy atom. The van der Waals surface area contributed by atoms with Gasteiger partial charge in [0.2, 0.25) is 0 Å². The first-order chi connectivity index (χ1) is 11.0. The Bertz CT molecular complexity index is 377. The van der Waals surface area contributed by atoms with Gasteiger partial charge in [-0.1, -0.05) is 33.6 Å². The van der Waals surface area contributed by atoms with Crippen LogP contribution in [0.5, 0.6) is 0 Å². The molecule has 1 heterocycles. The van der Waals surface area contributed by atoms with Crippen LogP contribution in [0.25, 0.3) is 0 Å². The Labute approximate surface area is 165 Å². The van der Waals surface area contributed by atoms with Crippen molar-refractivity contribution in [3.05, 3.63) is 0 Å². The minimum atomic E-state index is 0. The Balaban J connectivity index is 0.00000288. The standard InChI is InChI=1S/C18H36N4O.HI/c1-15(2)16(22-9-11-23-12-10-22)13-20-17(19-4)21-14-18(3)7-5-6-8-18;/h15-16H,5-14H2,1-4H3,(H2,19,20,21);1H. The number of nitrogens with one attached hydrogen (secondary N) is 2. The molecule has 0 aromatic carbocycles. The van der Waals surface area contributed by atoms with Crippen molar-refractivity contribution in [3.8, 4) is 0 Å². The predicted molar refractivity (Wildman–Crippen MR) is 112 cm³/mol. The van der Waals surface area contributed by atoms with Gasteiger partial charge in [0.05, 0.1) is 13.2 Å². The summed E-state index contributed by atoms with van der Waals surface area (Å²) in [6.07, 6.45) is 5.41. The number of nitrogens with zero attached hydrogens (tertiary/aromatic N) is 2. The molecule has 142 valence electrons. The second kappa shape index (κ2) is 10.8. The molecule has 0 aromatic rings. The SMILES string of the molecule is CN=C(NCC(C(C)C)N1CCOCC1)NCC1(C)CCCC1.I. The third-order valence-electron chi connectivity index (χ3n) is 5.48. The topological polar surface area (TPSA) is 48.9 Å². The average molecular weight is 452 g/mol. The highest BCUT2D eigenvalue weighted by molar-refractivity contribution is 14.0. The van der Waals surface area contributed by atoms with Crippen LogP contribution >= 0.6 is 24.0 Å². The highest BCUT2D eigenvalue weighted by atomic mass is 127. The monoisotopic (exact) mass is 452 g/mol. The minimum absolute atomic E-state index is 0. The van der Waals surface area contributed by atoms with Crippen LogP contribution in [0.3, 0.4) is 0 Å². The number of morpholine rings is 1. The number of hydrogen-bond donors (Lipinski definition) is 2. The normalized spacial score (nSPS) is 23.0. The van der Waals surface area contributed by atoms with Crippen LogP contribution in [0, 0.1) is 11.3 Å². The van der Waals surface area contributed by atoms with Crippen molar-refractivity contribution >= 4 is 29.9 Å². The molecule has 5 nitrogen and oxygen atoms in total. The van der Waals surface area contributed by atoms with E-state index in [0.717, 1.165) is 45.4 Å². The molecule has 24 heavy (non-hydrogen) atoms. The van der Waals surface area contributed by atoms with E-state index in [1.165, 1.54) is 25.7 Å². The number of guanidine groups is 1. The van der Waals surface area contributed by atoms with Gasteiger partial charge < -0.3 is 15.4 Å². The zero-order valence-corrected chi connectivity index (χ0v) is 18.3. The van der Waals surface area contributed by atoms with Crippen LogP contribution in [-0.4, -0.2) is 63.3 Å². The zero-order valence-electron chi connectivity index (χ0n) is 15.9. The Morgan fingerprint density at radius 1 is 1.17 bits per heavy atom. The lowest BCUT2D eigenvalue weighted by Crippen LogP contribution is -2.53. The van der Waals surface area contributed by atoms with E-state index in [9.17, 15) is 0 Å². The summed E-state index contributed by atoms with van der Waals surface area (Å²) in [6.45, 7) is 12.7. The van der Waals surface area contributed by atoms with Gasteiger partial charge in [-0.15, -0.1) is 24.0 Å². The minimum Gasteiger partial charge on any atom is -0.379 e. The maximum absolute atomic E-state index is 5.48. The Morgan fingerprint density at radius 2 is 1.79 bits per heavy atom. The largest absolute Gasteiger partial charge is 0.379 e. The van der Waals surface area contributed by atoms with Gasteiger partial charge in [-0.2, -0.15) is 0 Å². The van der Waals surface area contributed by atoms with E-state index < -0.39 is 0 Å².